The number of piperazine rings is 1. The van der Waals surface area contributed by atoms with Crippen LogP contribution in [-0.4, -0.2) is 63.1 Å². The predicted octanol–water partition coefficient (Wildman–Crippen LogP) is 2.82. The van der Waals surface area contributed by atoms with Gasteiger partial charge in [0, 0.05) is 50.7 Å². The predicted molar refractivity (Wildman–Crippen MR) is 133 cm³/mol. The molecule has 1 amide bonds. The van der Waals surface area contributed by atoms with Crippen LogP contribution < -0.4 is 10.4 Å². The molecule has 1 fully saturated rings. The van der Waals surface area contributed by atoms with Crippen molar-refractivity contribution in [2.24, 2.45) is 7.05 Å². The van der Waals surface area contributed by atoms with E-state index in [4.69, 9.17) is 9.72 Å². The van der Waals surface area contributed by atoms with Gasteiger partial charge < -0.3 is 9.64 Å². The molecule has 2 aromatic carbocycles. The number of carbonyl (C=O) groups excluding carboxylic acids is 1. The van der Waals surface area contributed by atoms with Crippen LogP contribution in [0.25, 0.3) is 21.6 Å². The average Bonchev–Trinajstić information content (AvgIpc) is 3.43. The molecule has 0 radical (unpaired) electrons. The van der Waals surface area contributed by atoms with E-state index in [9.17, 15) is 9.59 Å². The van der Waals surface area contributed by atoms with Crippen LogP contribution in [-0.2, 0) is 24.9 Å². The maximum Gasteiger partial charge on any atom is 0.329 e. The molecule has 0 bridgehead atoms. The molecule has 0 saturated carbocycles. The quantitative estimate of drug-likeness (QED) is 0.427. The van der Waals surface area contributed by atoms with Crippen molar-refractivity contribution in [1.82, 2.24) is 23.9 Å². The minimum absolute atomic E-state index is 0.0199. The fraction of sp³-hybridized carbons (Fsp3) is 0.320. The Morgan fingerprint density at radius 2 is 1.74 bits per heavy atom. The molecular formula is C25H27N5O3S. The Kier molecular flexibility index (Phi) is 6.21. The monoisotopic (exact) mass is 477 g/mol. The highest BCUT2D eigenvalue weighted by atomic mass is 32.1. The Morgan fingerprint density at radius 3 is 2.44 bits per heavy atom. The molecule has 0 aliphatic carbocycles. The lowest BCUT2D eigenvalue weighted by atomic mass is 10.2. The van der Waals surface area contributed by atoms with Gasteiger partial charge in [-0.2, -0.15) is 0 Å². The summed E-state index contributed by atoms with van der Waals surface area (Å²) in [6, 6.07) is 15.5. The van der Waals surface area contributed by atoms with Crippen molar-refractivity contribution >= 4 is 28.3 Å². The second-order valence-electron chi connectivity index (χ2n) is 8.45. The third-order valence-electron chi connectivity index (χ3n) is 6.34. The number of carbonyl (C=O) groups is 1. The van der Waals surface area contributed by atoms with E-state index < -0.39 is 0 Å². The first-order valence-corrected chi connectivity index (χ1v) is 12.1. The van der Waals surface area contributed by atoms with E-state index >= 15 is 0 Å². The summed E-state index contributed by atoms with van der Waals surface area (Å²) in [7, 11) is 3.40. The van der Waals surface area contributed by atoms with Gasteiger partial charge >= 0.3 is 5.69 Å². The van der Waals surface area contributed by atoms with E-state index in [-0.39, 0.29) is 18.1 Å². The zero-order chi connectivity index (χ0) is 23.7. The lowest BCUT2D eigenvalue weighted by molar-refractivity contribution is -0.133. The summed E-state index contributed by atoms with van der Waals surface area (Å²) in [5.41, 5.74) is 3.58. The SMILES string of the molecule is COc1ccc(-c2nc(CN3CCN(C(=O)Cn4c(=O)n(C)c5ccccc54)CC3)cs2)cc1. The fourth-order valence-corrected chi connectivity index (χ4v) is 5.20. The van der Waals surface area contributed by atoms with Crippen molar-refractivity contribution in [2.45, 2.75) is 13.1 Å². The van der Waals surface area contributed by atoms with Gasteiger partial charge in [0.15, 0.2) is 0 Å². The van der Waals surface area contributed by atoms with Crippen LogP contribution in [0.5, 0.6) is 5.75 Å². The van der Waals surface area contributed by atoms with Crippen molar-refractivity contribution in [3.8, 4) is 16.3 Å². The molecule has 1 aliphatic rings. The highest BCUT2D eigenvalue weighted by Gasteiger charge is 2.23. The minimum atomic E-state index is -0.163. The van der Waals surface area contributed by atoms with E-state index in [2.05, 4.69) is 10.3 Å². The minimum Gasteiger partial charge on any atom is -0.497 e. The zero-order valence-electron chi connectivity index (χ0n) is 19.3. The maximum absolute atomic E-state index is 13.0. The number of aromatic nitrogens is 3. The molecule has 176 valence electrons. The number of ether oxygens (including phenoxy) is 1. The molecule has 0 spiro atoms. The van der Waals surface area contributed by atoms with Gasteiger partial charge in [-0.25, -0.2) is 9.78 Å². The second kappa shape index (κ2) is 9.44. The number of methoxy groups -OCH3 is 1. The van der Waals surface area contributed by atoms with Gasteiger partial charge in [0.2, 0.25) is 5.91 Å². The smallest absolute Gasteiger partial charge is 0.329 e. The van der Waals surface area contributed by atoms with Crippen molar-refractivity contribution in [1.29, 1.82) is 0 Å². The molecule has 0 atom stereocenters. The average molecular weight is 478 g/mol. The number of nitrogens with zero attached hydrogens (tertiary/aromatic N) is 5. The third-order valence-corrected chi connectivity index (χ3v) is 7.28. The number of imidazole rings is 1. The van der Waals surface area contributed by atoms with Crippen LogP contribution in [0.2, 0.25) is 0 Å². The summed E-state index contributed by atoms with van der Waals surface area (Å²) in [4.78, 5) is 34.6. The molecule has 1 aliphatic heterocycles. The van der Waals surface area contributed by atoms with Crippen molar-refractivity contribution in [2.75, 3.05) is 33.3 Å². The second-order valence-corrected chi connectivity index (χ2v) is 9.30. The molecule has 0 N–H and O–H groups in total. The summed E-state index contributed by atoms with van der Waals surface area (Å²) in [6.07, 6.45) is 0. The molecule has 2 aromatic heterocycles. The molecule has 1 saturated heterocycles. The lowest BCUT2D eigenvalue weighted by Gasteiger charge is -2.34. The van der Waals surface area contributed by atoms with Crippen molar-refractivity contribution in [3.05, 3.63) is 70.1 Å². The number of rotatable bonds is 6. The molecular weight excluding hydrogens is 450 g/mol. The zero-order valence-corrected chi connectivity index (χ0v) is 20.1. The number of hydrogen-bond donors (Lipinski definition) is 0. The molecule has 8 nitrogen and oxygen atoms in total. The normalized spacial score (nSPS) is 14.6. The number of hydrogen-bond acceptors (Lipinski definition) is 6. The first-order valence-electron chi connectivity index (χ1n) is 11.3. The molecule has 9 heteroatoms. The van der Waals surface area contributed by atoms with E-state index in [1.165, 1.54) is 0 Å². The fourth-order valence-electron chi connectivity index (χ4n) is 4.38. The molecule has 4 aromatic rings. The van der Waals surface area contributed by atoms with Crippen LogP contribution in [0.4, 0.5) is 0 Å². The Labute approximate surface area is 201 Å². The number of aryl methyl sites for hydroxylation is 1. The van der Waals surface area contributed by atoms with Crippen LogP contribution >= 0.6 is 11.3 Å². The number of amides is 1. The first-order chi connectivity index (χ1) is 16.5. The first kappa shape index (κ1) is 22.4. The summed E-state index contributed by atoms with van der Waals surface area (Å²) in [6.45, 7) is 3.69. The number of thiazole rings is 1. The van der Waals surface area contributed by atoms with E-state index in [0.29, 0.717) is 13.1 Å². The number of benzene rings is 2. The van der Waals surface area contributed by atoms with Gasteiger partial charge in [0.05, 0.1) is 23.8 Å². The Balaban J connectivity index is 1.18. The van der Waals surface area contributed by atoms with Gasteiger partial charge in [-0.1, -0.05) is 12.1 Å². The highest BCUT2D eigenvalue weighted by molar-refractivity contribution is 7.13. The van der Waals surface area contributed by atoms with E-state index in [1.54, 1.807) is 34.6 Å². The number of para-hydroxylation sites is 2. The highest BCUT2D eigenvalue weighted by Crippen LogP contribution is 2.26. The summed E-state index contributed by atoms with van der Waals surface area (Å²) in [5, 5.41) is 3.09. The van der Waals surface area contributed by atoms with Gasteiger partial charge in [-0.3, -0.25) is 18.8 Å². The molecule has 34 heavy (non-hydrogen) atoms. The van der Waals surface area contributed by atoms with E-state index in [0.717, 1.165) is 52.7 Å². The van der Waals surface area contributed by atoms with Crippen LogP contribution in [0, 0.1) is 0 Å². The topological polar surface area (TPSA) is 72.6 Å². The van der Waals surface area contributed by atoms with Crippen LogP contribution in [0.1, 0.15) is 5.69 Å². The summed E-state index contributed by atoms with van der Waals surface area (Å²) >= 11 is 1.64. The van der Waals surface area contributed by atoms with Gasteiger partial charge in [-0.05, 0) is 36.4 Å². The van der Waals surface area contributed by atoms with Crippen LogP contribution in [0.15, 0.2) is 58.7 Å². The maximum atomic E-state index is 13.0. The molecule has 3 heterocycles. The van der Waals surface area contributed by atoms with Gasteiger partial charge in [0.1, 0.15) is 17.3 Å². The Bertz CT molecular complexity index is 1360. The van der Waals surface area contributed by atoms with Crippen molar-refractivity contribution < 1.29 is 9.53 Å². The Hall–Kier alpha value is -3.43. The van der Waals surface area contributed by atoms with E-state index in [1.807, 2.05) is 53.4 Å². The molecule has 0 unspecified atom stereocenters. The van der Waals surface area contributed by atoms with Gasteiger partial charge in [-0.15, -0.1) is 11.3 Å². The number of fused-ring (bicyclic) bond motifs is 1. The largest absolute Gasteiger partial charge is 0.497 e. The summed E-state index contributed by atoms with van der Waals surface area (Å²) < 4.78 is 8.39. The standard InChI is InChI=1S/C25H27N5O3S/c1-27-21-5-3-4-6-22(21)30(25(27)32)16-23(31)29-13-11-28(12-14-29)15-19-17-34-24(26-19)18-7-9-20(33-2)10-8-18/h3-10,17H,11-16H2,1-2H3. The van der Waals surface area contributed by atoms with Gasteiger partial charge in [0.25, 0.3) is 0 Å². The van der Waals surface area contributed by atoms with Crippen LogP contribution in [0.3, 0.4) is 0 Å². The third kappa shape index (κ3) is 4.36. The molecule has 5 rings (SSSR count). The lowest BCUT2D eigenvalue weighted by Crippen LogP contribution is -2.49. The Morgan fingerprint density at radius 1 is 1.03 bits per heavy atom. The van der Waals surface area contributed by atoms with Crippen molar-refractivity contribution in [3.63, 3.8) is 0 Å². The summed E-state index contributed by atoms with van der Waals surface area (Å²) in [5.74, 6) is 0.812.